The Morgan fingerprint density at radius 3 is 1.10 bits per heavy atom. The SMILES string of the molecule is CC(C)(C)OC(=O)CNC(=O)c1cnc2ccccn2c1=O.CC(C)C(NC(=O)c1cnc2ccccn2c1=O)C(=O)O.CC(C)CC(NC(=O)c1cn(Cc2ccccc2)c2ccccc2c1=O)C(=O)O.CC(NC(=O)c1cn(Cc2ccccc2)c2ccccc2c1=O)C(=O)O.COC(=O)C(Cc1ccccc1)NC(=O)c1cnc2ccccn2c1=O.O=C(O)c1cnc2ccccn2c1=O. The summed E-state index contributed by atoms with van der Waals surface area (Å²) in [6.45, 7) is 14.3. The second-order valence-electron chi connectivity index (χ2n) is 32.5. The molecule has 10 heterocycles. The summed E-state index contributed by atoms with van der Waals surface area (Å²) in [6.07, 6.45) is 14.2. The smallest absolute Gasteiger partial charge is 0.342 e. The second kappa shape index (κ2) is 47.5. The molecule has 138 heavy (non-hydrogen) atoms. The van der Waals surface area contributed by atoms with Crippen LogP contribution in [0.4, 0.5) is 0 Å². The lowest BCUT2D eigenvalue weighted by Crippen LogP contribution is -2.45. The van der Waals surface area contributed by atoms with Gasteiger partial charge in [0.15, 0.2) is 0 Å². The minimum absolute atomic E-state index is 0.0605. The Balaban J connectivity index is 0.000000173. The van der Waals surface area contributed by atoms with Gasteiger partial charge in [-0.05, 0) is 135 Å². The van der Waals surface area contributed by atoms with Crippen molar-refractivity contribution in [1.82, 2.24) is 73.3 Å². The van der Waals surface area contributed by atoms with Crippen LogP contribution in [-0.2, 0) is 53.0 Å². The zero-order valence-electron chi connectivity index (χ0n) is 76.0. The van der Waals surface area contributed by atoms with E-state index in [1.807, 2.05) is 138 Å². The van der Waals surface area contributed by atoms with E-state index >= 15 is 0 Å². The van der Waals surface area contributed by atoms with Crippen LogP contribution >= 0.6 is 0 Å². The molecule has 9 N–H and O–H groups in total. The van der Waals surface area contributed by atoms with Crippen LogP contribution in [0.15, 0.2) is 303 Å². The fourth-order valence-corrected chi connectivity index (χ4v) is 13.6. The third-order valence-corrected chi connectivity index (χ3v) is 20.4. The number of pyridine rings is 6. The molecule has 10 aromatic heterocycles. The number of nitrogens with one attached hydrogen (secondary N) is 5. The van der Waals surface area contributed by atoms with Crippen LogP contribution in [0.1, 0.15) is 141 Å². The van der Waals surface area contributed by atoms with E-state index in [0.717, 1.165) is 34.6 Å². The van der Waals surface area contributed by atoms with Crippen LogP contribution in [-0.4, -0.2) is 176 Å². The highest BCUT2D eigenvalue weighted by Gasteiger charge is 2.30. The number of amides is 5. The minimum atomic E-state index is -1.26. The molecule has 0 saturated carbocycles. The molecule has 4 unspecified atom stereocenters. The lowest BCUT2D eigenvalue weighted by atomic mass is 10.0. The molecule has 0 aliphatic heterocycles. The van der Waals surface area contributed by atoms with Gasteiger partial charge in [-0.25, -0.2) is 39.1 Å². The van der Waals surface area contributed by atoms with Gasteiger partial charge in [-0.2, -0.15) is 0 Å². The molecular weight excluding hydrogens is 1780 g/mol. The Labute approximate surface area is 784 Å². The lowest BCUT2D eigenvalue weighted by Gasteiger charge is -2.19. The maximum Gasteiger partial charge on any atom is 0.342 e. The summed E-state index contributed by atoms with van der Waals surface area (Å²) in [4.78, 5) is 220. The highest BCUT2D eigenvalue weighted by Crippen LogP contribution is 2.19. The molecule has 0 fully saturated rings. The number of carbonyl (C=O) groups excluding carboxylic acids is 7. The topological polar surface area (TPSA) is 529 Å². The van der Waals surface area contributed by atoms with E-state index in [4.69, 9.17) is 24.8 Å². The number of rotatable bonds is 25. The summed E-state index contributed by atoms with van der Waals surface area (Å²) in [5, 5.41) is 49.1. The van der Waals surface area contributed by atoms with Crippen molar-refractivity contribution in [1.29, 1.82) is 0 Å². The number of fused-ring (bicyclic) bond motifs is 6. The van der Waals surface area contributed by atoms with Crippen LogP contribution in [0.5, 0.6) is 0 Å². The van der Waals surface area contributed by atoms with Gasteiger partial charge < -0.3 is 65.6 Å². The van der Waals surface area contributed by atoms with Crippen LogP contribution in [0, 0.1) is 11.8 Å². The van der Waals surface area contributed by atoms with E-state index in [9.17, 15) is 86.6 Å². The van der Waals surface area contributed by atoms with Crippen molar-refractivity contribution >= 4 is 110 Å². The molecule has 5 amide bonds. The number of hydrogen-bond donors (Lipinski definition) is 9. The predicted octanol–water partition coefficient (Wildman–Crippen LogP) is 8.43. The summed E-state index contributed by atoms with van der Waals surface area (Å²) >= 11 is 0. The Morgan fingerprint density at radius 2 is 0.732 bits per heavy atom. The van der Waals surface area contributed by atoms with Gasteiger partial charge in [0.1, 0.15) is 92.3 Å². The molecule has 4 atom stereocenters. The molecule has 15 rings (SSSR count). The molecule has 710 valence electrons. The number of ether oxygens (including phenoxy) is 2. The van der Waals surface area contributed by atoms with E-state index in [-0.39, 0.29) is 64.6 Å². The Bertz CT molecular complexity index is 7440. The summed E-state index contributed by atoms with van der Waals surface area (Å²) < 4.78 is 18.5. The number of nitrogens with zero attached hydrogens (tertiary/aromatic N) is 10. The first-order chi connectivity index (χ1) is 65.8. The van der Waals surface area contributed by atoms with Crippen molar-refractivity contribution in [2.45, 2.75) is 111 Å². The molecule has 0 spiro atoms. The second-order valence-corrected chi connectivity index (χ2v) is 32.5. The van der Waals surface area contributed by atoms with E-state index in [1.165, 1.54) is 81.2 Å². The van der Waals surface area contributed by atoms with Gasteiger partial charge >= 0.3 is 35.8 Å². The van der Waals surface area contributed by atoms with Crippen LogP contribution in [0.25, 0.3) is 44.4 Å². The van der Waals surface area contributed by atoms with Crippen molar-refractivity contribution in [3.63, 3.8) is 0 Å². The maximum absolute atomic E-state index is 12.9. The number of para-hydroxylation sites is 2. The van der Waals surface area contributed by atoms with Gasteiger partial charge in [0.05, 0.1) is 18.1 Å². The number of aliphatic carboxylic acids is 3. The summed E-state index contributed by atoms with van der Waals surface area (Å²) in [5.74, 6) is -9.51. The summed E-state index contributed by atoms with van der Waals surface area (Å²) in [5.41, 5.74) is 1.57. The van der Waals surface area contributed by atoms with Gasteiger partial charge in [0, 0.05) is 92.3 Å². The van der Waals surface area contributed by atoms with Gasteiger partial charge in [0.25, 0.3) is 51.8 Å². The molecule has 0 bridgehead atoms. The Hall–Kier alpha value is -17.9. The van der Waals surface area contributed by atoms with E-state index < -0.39 is 128 Å². The van der Waals surface area contributed by atoms with Crippen molar-refractivity contribution in [3.8, 4) is 0 Å². The number of hydrogen-bond acceptors (Lipinski definition) is 23. The van der Waals surface area contributed by atoms with Crippen molar-refractivity contribution < 1.29 is 82.6 Å². The van der Waals surface area contributed by atoms with Crippen LogP contribution < -0.4 is 59.7 Å². The number of carboxylic acids is 4. The van der Waals surface area contributed by atoms with Gasteiger partial charge in [0.2, 0.25) is 10.9 Å². The Kier molecular flexibility index (Phi) is 35.2. The number of aromatic nitrogens is 10. The zero-order chi connectivity index (χ0) is 100. The number of aromatic carboxylic acids is 1. The number of carbonyl (C=O) groups is 11. The minimum Gasteiger partial charge on any atom is -0.480 e. The van der Waals surface area contributed by atoms with E-state index in [0.29, 0.717) is 52.0 Å². The van der Waals surface area contributed by atoms with Crippen LogP contribution in [0.3, 0.4) is 0 Å². The van der Waals surface area contributed by atoms with Crippen molar-refractivity contribution in [2.24, 2.45) is 11.8 Å². The number of methoxy groups -OCH3 is 1. The largest absolute Gasteiger partial charge is 0.480 e. The highest BCUT2D eigenvalue weighted by atomic mass is 16.6. The predicted molar refractivity (Wildman–Crippen MR) is 509 cm³/mol. The van der Waals surface area contributed by atoms with Gasteiger partial charge in [-0.1, -0.05) is 167 Å². The molecule has 0 saturated heterocycles. The third kappa shape index (κ3) is 27.2. The summed E-state index contributed by atoms with van der Waals surface area (Å²) in [6, 6.07) is 58.8. The normalized spacial score (nSPS) is 11.7. The molecule has 0 radical (unpaired) electrons. The molecular formula is C100H97N15O23. The first-order valence-electron chi connectivity index (χ1n) is 42.8. The maximum atomic E-state index is 12.9. The third-order valence-electron chi connectivity index (χ3n) is 20.4. The molecule has 38 heteroatoms. The average molecular weight is 1880 g/mol. The van der Waals surface area contributed by atoms with Gasteiger partial charge in [-0.15, -0.1) is 0 Å². The number of esters is 2. The summed E-state index contributed by atoms with van der Waals surface area (Å²) in [7, 11) is 1.25. The lowest BCUT2D eigenvalue weighted by molar-refractivity contribution is -0.153. The van der Waals surface area contributed by atoms with Crippen LogP contribution in [0.2, 0.25) is 0 Å². The van der Waals surface area contributed by atoms with Gasteiger partial charge in [-0.3, -0.25) is 79.9 Å². The molecule has 0 aliphatic carbocycles. The molecule has 38 nitrogen and oxygen atoms in total. The van der Waals surface area contributed by atoms with Crippen molar-refractivity contribution in [2.75, 3.05) is 13.7 Å². The number of benzene rings is 5. The monoisotopic (exact) mass is 1880 g/mol. The van der Waals surface area contributed by atoms with Crippen molar-refractivity contribution in [3.05, 3.63) is 386 Å². The van der Waals surface area contributed by atoms with E-state index in [1.54, 1.807) is 132 Å². The first kappa shape index (κ1) is 102. The first-order valence-corrected chi connectivity index (χ1v) is 42.8. The zero-order valence-corrected chi connectivity index (χ0v) is 76.0. The number of carboxylic acid groups (broad SMARTS) is 4. The molecule has 5 aromatic carbocycles. The molecule has 0 aliphatic rings. The molecule has 15 aromatic rings. The standard InChI is InChI=1S/C23H24N2O4.C20H18N2O4.C19H17N3O4.C15H17N3O4.C14H15N3O4.C9H6N2O3/c1-15(2)12-19(23(28)29)24-22(27)18-14-25(13-16-8-4-3-5-9-16)20-11-7-6-10-17(20)21(18)26;1-13(20(25)26)21-19(24)16-12-22(11-14-7-3-2-4-8-14)17-10-6-5-9-15(17)18(16)23;1-26-19(25)15(11-13-7-3-2-4-8-13)21-17(23)14-12-20-16-9-5-6-10-22(16)18(14)24;1-15(2,3)22-12(19)9-17-13(20)10-8-16-11-6-4-5-7-18(11)14(10)21;1-8(2)11(14(20)21)16-12(18)9-7-15-10-5-3-4-6-17(10)13(9)19;12-8-6(9(13)14)5-10-7-3-1-2-4-11(7)8/h3-11,14-15,19H,12-13H2,1-2H3,(H,24,27)(H,28,29);2-10,12-13H,11H2,1H3,(H,21,24)(H,25,26);2-10,12,15H,11H2,1H3,(H,21,23);4-8H,9H2,1-3H3,(H,17,20);3-8,11H,1-2H3,(H,16,18)(H,20,21);1-5H,(H,13,14). The van der Waals surface area contributed by atoms with E-state index in [2.05, 4.69) is 46.5 Å². The highest BCUT2D eigenvalue weighted by molar-refractivity contribution is 6.01. The Morgan fingerprint density at radius 1 is 0.384 bits per heavy atom. The fraction of sp³-hybridized carbons (Fsp3) is 0.210. The average Bonchev–Trinajstić information content (AvgIpc) is 0.776. The quantitative estimate of drug-likeness (QED) is 0.0242. The fourth-order valence-electron chi connectivity index (χ4n) is 13.6.